The highest BCUT2D eigenvalue weighted by atomic mass is 16.5. The number of ether oxygens (including phenoxy) is 1. The van der Waals surface area contributed by atoms with E-state index in [4.69, 9.17) is 16.9 Å². The zero-order valence-electron chi connectivity index (χ0n) is 9.11. The van der Waals surface area contributed by atoms with E-state index in [1.54, 1.807) is 12.0 Å². The molecule has 0 aromatic carbocycles. The van der Waals surface area contributed by atoms with E-state index in [0.29, 0.717) is 13.1 Å². The molecule has 0 aliphatic carbocycles. The van der Waals surface area contributed by atoms with Gasteiger partial charge in [0.2, 0.25) is 5.91 Å². The third kappa shape index (κ3) is 2.95. The van der Waals surface area contributed by atoms with Crippen LogP contribution in [-0.2, 0) is 9.53 Å². The molecule has 84 valence electrons. The number of likely N-dealkylation sites (tertiary alicyclic amines) is 1. The van der Waals surface area contributed by atoms with E-state index in [1.165, 1.54) is 0 Å². The Morgan fingerprint density at radius 2 is 2.47 bits per heavy atom. The van der Waals surface area contributed by atoms with Crippen molar-refractivity contribution >= 4 is 5.91 Å². The molecule has 0 saturated carbocycles. The Labute approximate surface area is 90.8 Å². The summed E-state index contributed by atoms with van der Waals surface area (Å²) in [6.07, 6.45) is 7.17. The lowest BCUT2D eigenvalue weighted by Crippen LogP contribution is -2.51. The van der Waals surface area contributed by atoms with Gasteiger partial charge < -0.3 is 15.4 Å². The lowest BCUT2D eigenvalue weighted by Gasteiger charge is -2.38. The molecule has 0 aromatic rings. The van der Waals surface area contributed by atoms with E-state index in [1.807, 2.05) is 0 Å². The van der Waals surface area contributed by atoms with Crippen LogP contribution in [-0.4, -0.2) is 43.2 Å². The number of nitrogens with zero attached hydrogens (tertiary/aromatic N) is 1. The average molecular weight is 210 g/mol. The van der Waals surface area contributed by atoms with Crippen LogP contribution in [0, 0.1) is 12.3 Å². The van der Waals surface area contributed by atoms with E-state index in [9.17, 15) is 4.79 Å². The Kier molecular flexibility index (Phi) is 4.60. The van der Waals surface area contributed by atoms with Crippen molar-refractivity contribution in [3.8, 4) is 12.3 Å². The Morgan fingerprint density at radius 3 is 3.00 bits per heavy atom. The van der Waals surface area contributed by atoms with E-state index in [2.05, 4.69) is 5.92 Å². The summed E-state index contributed by atoms with van der Waals surface area (Å²) in [5.41, 5.74) is 5.64. The number of hydrogen-bond acceptors (Lipinski definition) is 3. The maximum atomic E-state index is 11.6. The average Bonchev–Trinajstić information content (AvgIpc) is 2.28. The molecule has 0 bridgehead atoms. The van der Waals surface area contributed by atoms with Crippen LogP contribution in [0.25, 0.3) is 0 Å². The van der Waals surface area contributed by atoms with Gasteiger partial charge in [-0.3, -0.25) is 4.79 Å². The van der Waals surface area contributed by atoms with Gasteiger partial charge in [-0.2, -0.15) is 0 Å². The van der Waals surface area contributed by atoms with E-state index in [0.717, 1.165) is 12.8 Å². The van der Waals surface area contributed by atoms with Crippen molar-refractivity contribution in [1.29, 1.82) is 0 Å². The molecule has 0 aromatic heterocycles. The molecule has 0 radical (unpaired) electrons. The molecule has 1 aliphatic rings. The SMILES string of the molecule is C#CCC(=O)N1CCC(OC)CC1CN. The fourth-order valence-corrected chi connectivity index (χ4v) is 1.97. The quantitative estimate of drug-likeness (QED) is 0.666. The van der Waals surface area contributed by atoms with Crippen molar-refractivity contribution < 1.29 is 9.53 Å². The molecule has 1 heterocycles. The summed E-state index contributed by atoms with van der Waals surface area (Å²) in [7, 11) is 1.69. The van der Waals surface area contributed by atoms with Crippen molar-refractivity contribution in [1.82, 2.24) is 4.90 Å². The molecule has 2 unspecified atom stereocenters. The predicted octanol–water partition coefficient (Wildman–Crippen LogP) is -0.0256. The number of methoxy groups -OCH3 is 1. The van der Waals surface area contributed by atoms with Crippen LogP contribution in [0.2, 0.25) is 0 Å². The number of hydrogen-bond donors (Lipinski definition) is 1. The fraction of sp³-hybridized carbons (Fsp3) is 0.727. The van der Waals surface area contributed by atoms with Crippen molar-refractivity contribution in [2.75, 3.05) is 20.2 Å². The zero-order chi connectivity index (χ0) is 11.3. The van der Waals surface area contributed by atoms with E-state index >= 15 is 0 Å². The lowest BCUT2D eigenvalue weighted by atomic mass is 9.99. The van der Waals surface area contributed by atoms with Crippen LogP contribution >= 0.6 is 0 Å². The smallest absolute Gasteiger partial charge is 0.234 e. The van der Waals surface area contributed by atoms with Crippen LogP contribution in [0.3, 0.4) is 0 Å². The molecule has 0 spiro atoms. The third-order valence-corrected chi connectivity index (χ3v) is 2.85. The number of rotatable bonds is 3. The molecule has 4 nitrogen and oxygen atoms in total. The molecule has 1 amide bonds. The van der Waals surface area contributed by atoms with Crippen LogP contribution in [0.15, 0.2) is 0 Å². The number of amides is 1. The minimum atomic E-state index is 0.00232. The van der Waals surface area contributed by atoms with E-state index in [-0.39, 0.29) is 24.5 Å². The summed E-state index contributed by atoms with van der Waals surface area (Å²) in [5, 5.41) is 0. The normalized spacial score (nSPS) is 26.1. The summed E-state index contributed by atoms with van der Waals surface area (Å²) in [5.74, 6) is 2.37. The van der Waals surface area contributed by atoms with Gasteiger partial charge in [0.1, 0.15) is 0 Å². The Morgan fingerprint density at radius 1 is 1.73 bits per heavy atom. The highest BCUT2D eigenvalue weighted by molar-refractivity contribution is 5.79. The van der Waals surface area contributed by atoms with Gasteiger partial charge in [-0.15, -0.1) is 6.42 Å². The van der Waals surface area contributed by atoms with Gasteiger partial charge in [0, 0.05) is 26.2 Å². The summed E-state index contributed by atoms with van der Waals surface area (Å²) in [6.45, 7) is 1.16. The van der Waals surface area contributed by atoms with E-state index < -0.39 is 0 Å². The van der Waals surface area contributed by atoms with Crippen LogP contribution in [0.5, 0.6) is 0 Å². The van der Waals surface area contributed by atoms with Gasteiger partial charge >= 0.3 is 0 Å². The second-order valence-electron chi connectivity index (χ2n) is 3.74. The molecule has 1 aliphatic heterocycles. The summed E-state index contributed by atoms with van der Waals surface area (Å²) >= 11 is 0. The first kappa shape index (κ1) is 12.0. The van der Waals surface area contributed by atoms with Gasteiger partial charge in [0.25, 0.3) is 0 Å². The third-order valence-electron chi connectivity index (χ3n) is 2.85. The van der Waals surface area contributed by atoms with Crippen molar-refractivity contribution in [2.24, 2.45) is 5.73 Å². The fourth-order valence-electron chi connectivity index (χ4n) is 1.97. The molecular weight excluding hydrogens is 192 g/mol. The minimum Gasteiger partial charge on any atom is -0.381 e. The maximum absolute atomic E-state index is 11.6. The predicted molar refractivity (Wildman–Crippen MR) is 58.0 cm³/mol. The highest BCUT2D eigenvalue weighted by Crippen LogP contribution is 2.19. The van der Waals surface area contributed by atoms with Gasteiger partial charge in [0.05, 0.1) is 12.5 Å². The molecule has 15 heavy (non-hydrogen) atoms. The number of nitrogens with two attached hydrogens (primary N) is 1. The first-order valence-corrected chi connectivity index (χ1v) is 5.18. The number of terminal acetylenes is 1. The monoisotopic (exact) mass is 210 g/mol. The standard InChI is InChI=1S/C11H18N2O2/c1-3-4-11(14)13-6-5-10(15-2)7-9(13)8-12/h1,9-10H,4-8,12H2,2H3. The first-order chi connectivity index (χ1) is 7.22. The molecule has 2 atom stereocenters. The highest BCUT2D eigenvalue weighted by Gasteiger charge is 2.29. The Bertz CT molecular complexity index is 260. The summed E-state index contributed by atoms with van der Waals surface area (Å²) in [4.78, 5) is 13.4. The largest absolute Gasteiger partial charge is 0.381 e. The number of carbonyl (C=O) groups is 1. The topological polar surface area (TPSA) is 55.6 Å². The van der Waals surface area contributed by atoms with Gasteiger partial charge in [-0.25, -0.2) is 0 Å². The molecule has 1 rings (SSSR count). The molecule has 1 saturated heterocycles. The zero-order valence-corrected chi connectivity index (χ0v) is 9.11. The van der Waals surface area contributed by atoms with Crippen LogP contribution < -0.4 is 5.73 Å². The van der Waals surface area contributed by atoms with Crippen LogP contribution in [0.1, 0.15) is 19.3 Å². The Hall–Kier alpha value is -1.05. The number of carbonyl (C=O) groups excluding carboxylic acids is 1. The first-order valence-electron chi connectivity index (χ1n) is 5.18. The molecule has 2 N–H and O–H groups in total. The minimum absolute atomic E-state index is 0.00232. The van der Waals surface area contributed by atoms with Crippen LogP contribution in [0.4, 0.5) is 0 Å². The molecular formula is C11H18N2O2. The summed E-state index contributed by atoms with van der Waals surface area (Å²) < 4.78 is 5.28. The lowest BCUT2D eigenvalue weighted by molar-refractivity contribution is -0.135. The van der Waals surface area contributed by atoms with Gasteiger partial charge in [-0.1, -0.05) is 5.92 Å². The second kappa shape index (κ2) is 5.74. The Balaban J connectivity index is 2.58. The molecule has 1 fully saturated rings. The molecule has 4 heteroatoms. The maximum Gasteiger partial charge on any atom is 0.234 e. The van der Waals surface area contributed by atoms with Crippen molar-refractivity contribution in [3.63, 3.8) is 0 Å². The number of piperidine rings is 1. The van der Waals surface area contributed by atoms with Crippen molar-refractivity contribution in [3.05, 3.63) is 0 Å². The second-order valence-corrected chi connectivity index (χ2v) is 3.74. The summed E-state index contributed by atoms with van der Waals surface area (Å²) in [6, 6.07) is 0.0737. The van der Waals surface area contributed by atoms with Gasteiger partial charge in [0.15, 0.2) is 0 Å². The van der Waals surface area contributed by atoms with Crippen molar-refractivity contribution in [2.45, 2.75) is 31.4 Å². The van der Waals surface area contributed by atoms with Gasteiger partial charge in [-0.05, 0) is 12.8 Å².